The van der Waals surface area contributed by atoms with E-state index in [0.717, 1.165) is 0 Å². The molecule has 2 N–H and O–H groups in total. The molecule has 0 unspecified atom stereocenters. The number of nitrogens with zero attached hydrogens (tertiary/aromatic N) is 1. The third-order valence-corrected chi connectivity index (χ3v) is 3.90. The molecule has 2 rings (SSSR count). The van der Waals surface area contributed by atoms with Crippen LogP contribution in [0.1, 0.15) is 41.0 Å². The van der Waals surface area contributed by atoms with Crippen LogP contribution < -0.4 is 5.32 Å². The fourth-order valence-corrected chi connectivity index (χ4v) is 2.27. The van der Waals surface area contributed by atoms with Crippen LogP contribution in [0.25, 0.3) is 0 Å². The number of carboxylic acid groups (broad SMARTS) is 1. The molecule has 0 spiro atoms. The number of hydrogen-bond donors (Lipinski definition) is 2. The third-order valence-electron chi connectivity index (χ3n) is 3.90. The average Bonchev–Trinajstić information content (AvgIpc) is 2.72. The Bertz CT molecular complexity index is 575. The Morgan fingerprint density at radius 2 is 1.68 bits per heavy atom. The normalized spacial score (nSPS) is 14.4. The molecule has 2 amide bonds. The van der Waals surface area contributed by atoms with E-state index in [4.69, 9.17) is 5.11 Å². The van der Waals surface area contributed by atoms with Gasteiger partial charge in [-0.2, -0.15) is 0 Å². The molecular weight excluding hydrogens is 284 g/mol. The summed E-state index contributed by atoms with van der Waals surface area (Å²) >= 11 is 0. The number of fused-ring (bicyclic) bond motifs is 1. The first kappa shape index (κ1) is 16.2. The lowest BCUT2D eigenvalue weighted by Crippen LogP contribution is -2.37. The molecule has 1 heterocycles. The first-order valence-electron chi connectivity index (χ1n) is 7.24. The molecule has 0 bridgehead atoms. The molecule has 0 saturated heterocycles. The predicted molar refractivity (Wildman–Crippen MR) is 80.7 cm³/mol. The molecule has 0 aliphatic carbocycles. The molecule has 0 atom stereocenters. The monoisotopic (exact) mass is 304 g/mol. The maximum Gasteiger partial charge on any atom is 0.309 e. The zero-order valence-electron chi connectivity index (χ0n) is 12.8. The van der Waals surface area contributed by atoms with Crippen LogP contribution in [0, 0.1) is 5.41 Å². The van der Waals surface area contributed by atoms with E-state index in [2.05, 4.69) is 5.32 Å². The summed E-state index contributed by atoms with van der Waals surface area (Å²) < 4.78 is 0. The van der Waals surface area contributed by atoms with E-state index in [1.54, 1.807) is 38.1 Å². The fraction of sp³-hybridized carbons (Fsp3) is 0.438. The summed E-state index contributed by atoms with van der Waals surface area (Å²) in [5.41, 5.74) is 0.0988. The summed E-state index contributed by atoms with van der Waals surface area (Å²) in [7, 11) is 0. The predicted octanol–water partition coefficient (Wildman–Crippen LogP) is 1.37. The minimum atomic E-state index is -0.838. The van der Waals surface area contributed by atoms with Crippen molar-refractivity contribution in [2.75, 3.05) is 19.6 Å². The lowest BCUT2D eigenvalue weighted by atomic mass is 9.90. The number of benzene rings is 1. The molecule has 1 aromatic rings. The van der Waals surface area contributed by atoms with E-state index in [1.165, 1.54) is 4.90 Å². The SMILES string of the molecule is CC(C)(CCNCCN1C(=O)c2ccccc2C1=O)C(=O)O. The molecule has 6 nitrogen and oxygen atoms in total. The fourth-order valence-electron chi connectivity index (χ4n) is 2.27. The van der Waals surface area contributed by atoms with Crippen molar-refractivity contribution in [3.8, 4) is 0 Å². The molecule has 1 aromatic carbocycles. The highest BCUT2D eigenvalue weighted by Gasteiger charge is 2.34. The Labute approximate surface area is 129 Å². The molecular formula is C16H20N2O4. The molecule has 22 heavy (non-hydrogen) atoms. The number of carbonyl (C=O) groups is 3. The maximum atomic E-state index is 12.1. The van der Waals surface area contributed by atoms with Gasteiger partial charge in [-0.1, -0.05) is 12.1 Å². The number of amides is 2. The number of hydrogen-bond acceptors (Lipinski definition) is 4. The van der Waals surface area contributed by atoms with Gasteiger partial charge in [0.05, 0.1) is 16.5 Å². The standard InChI is InChI=1S/C16H20N2O4/c1-16(2,15(21)22)7-8-17-9-10-18-13(19)11-5-3-4-6-12(11)14(18)20/h3-6,17H,7-10H2,1-2H3,(H,21,22). The number of nitrogens with one attached hydrogen (secondary N) is 1. The molecule has 0 radical (unpaired) electrons. The molecule has 0 saturated carbocycles. The Morgan fingerprint density at radius 1 is 1.14 bits per heavy atom. The van der Waals surface area contributed by atoms with Gasteiger partial charge in [0.25, 0.3) is 11.8 Å². The van der Waals surface area contributed by atoms with Gasteiger partial charge >= 0.3 is 5.97 Å². The first-order valence-corrected chi connectivity index (χ1v) is 7.24. The minimum Gasteiger partial charge on any atom is -0.481 e. The largest absolute Gasteiger partial charge is 0.481 e. The second-order valence-electron chi connectivity index (χ2n) is 6.00. The second kappa shape index (κ2) is 6.27. The van der Waals surface area contributed by atoms with Crippen LogP contribution in [0.2, 0.25) is 0 Å². The number of rotatable bonds is 7. The van der Waals surface area contributed by atoms with Gasteiger partial charge in [-0.3, -0.25) is 19.3 Å². The number of carbonyl (C=O) groups excluding carboxylic acids is 2. The summed E-state index contributed by atoms with van der Waals surface area (Å²) in [5.74, 6) is -1.38. The molecule has 6 heteroatoms. The van der Waals surface area contributed by atoms with Gasteiger partial charge in [-0.05, 0) is 38.9 Å². The smallest absolute Gasteiger partial charge is 0.309 e. The highest BCUT2D eigenvalue weighted by molar-refractivity contribution is 6.21. The topological polar surface area (TPSA) is 86.7 Å². The van der Waals surface area contributed by atoms with Crippen LogP contribution in [0.3, 0.4) is 0 Å². The lowest BCUT2D eigenvalue weighted by Gasteiger charge is -2.19. The lowest BCUT2D eigenvalue weighted by molar-refractivity contribution is -0.147. The zero-order valence-corrected chi connectivity index (χ0v) is 12.8. The van der Waals surface area contributed by atoms with Gasteiger partial charge in [0.1, 0.15) is 0 Å². The zero-order chi connectivity index (χ0) is 16.3. The van der Waals surface area contributed by atoms with Crippen molar-refractivity contribution < 1.29 is 19.5 Å². The summed E-state index contributed by atoms with van der Waals surface area (Å²) in [6.45, 7) is 4.58. The van der Waals surface area contributed by atoms with E-state index in [9.17, 15) is 14.4 Å². The van der Waals surface area contributed by atoms with Gasteiger partial charge in [0, 0.05) is 13.1 Å². The Kier molecular flexibility index (Phi) is 4.61. The quantitative estimate of drug-likeness (QED) is 0.587. The van der Waals surface area contributed by atoms with Gasteiger partial charge in [0.15, 0.2) is 0 Å². The van der Waals surface area contributed by atoms with E-state index >= 15 is 0 Å². The van der Waals surface area contributed by atoms with Crippen LogP contribution >= 0.6 is 0 Å². The van der Waals surface area contributed by atoms with Crippen molar-refractivity contribution in [3.05, 3.63) is 35.4 Å². The van der Waals surface area contributed by atoms with E-state index in [-0.39, 0.29) is 18.4 Å². The van der Waals surface area contributed by atoms with Gasteiger partial charge in [-0.15, -0.1) is 0 Å². The molecule has 1 aliphatic heterocycles. The Balaban J connectivity index is 1.81. The van der Waals surface area contributed by atoms with Crippen LogP contribution in [0.4, 0.5) is 0 Å². The van der Waals surface area contributed by atoms with Crippen molar-refractivity contribution in [3.63, 3.8) is 0 Å². The number of imide groups is 1. The van der Waals surface area contributed by atoms with Crippen molar-refractivity contribution in [1.82, 2.24) is 10.2 Å². The molecule has 0 aromatic heterocycles. The number of carboxylic acids is 1. The van der Waals surface area contributed by atoms with Crippen molar-refractivity contribution >= 4 is 17.8 Å². The van der Waals surface area contributed by atoms with Crippen molar-refractivity contribution in [2.45, 2.75) is 20.3 Å². The summed E-state index contributed by atoms with van der Waals surface area (Å²) in [6, 6.07) is 6.77. The van der Waals surface area contributed by atoms with Crippen molar-refractivity contribution in [2.24, 2.45) is 5.41 Å². The van der Waals surface area contributed by atoms with Crippen molar-refractivity contribution in [1.29, 1.82) is 0 Å². The maximum absolute atomic E-state index is 12.1. The Morgan fingerprint density at radius 3 is 2.18 bits per heavy atom. The van der Waals surface area contributed by atoms with Crippen LogP contribution in [0.15, 0.2) is 24.3 Å². The summed E-state index contributed by atoms with van der Waals surface area (Å²) in [6.07, 6.45) is 0.477. The molecule has 0 fully saturated rings. The van der Waals surface area contributed by atoms with E-state index in [0.29, 0.717) is 30.6 Å². The van der Waals surface area contributed by atoms with E-state index in [1.807, 2.05) is 0 Å². The van der Waals surface area contributed by atoms with Crippen LogP contribution in [0.5, 0.6) is 0 Å². The summed E-state index contributed by atoms with van der Waals surface area (Å²) in [5, 5.41) is 12.1. The molecule has 118 valence electrons. The Hall–Kier alpha value is -2.21. The second-order valence-corrected chi connectivity index (χ2v) is 6.00. The van der Waals surface area contributed by atoms with E-state index < -0.39 is 11.4 Å². The highest BCUT2D eigenvalue weighted by Crippen LogP contribution is 2.22. The van der Waals surface area contributed by atoms with Gasteiger partial charge < -0.3 is 10.4 Å². The van der Waals surface area contributed by atoms with Gasteiger partial charge in [0.2, 0.25) is 0 Å². The third kappa shape index (κ3) is 3.17. The average molecular weight is 304 g/mol. The highest BCUT2D eigenvalue weighted by atomic mass is 16.4. The van der Waals surface area contributed by atoms with Crippen LogP contribution in [-0.2, 0) is 4.79 Å². The van der Waals surface area contributed by atoms with Gasteiger partial charge in [-0.25, -0.2) is 0 Å². The minimum absolute atomic E-state index is 0.270. The van der Waals surface area contributed by atoms with Crippen LogP contribution in [-0.4, -0.2) is 47.4 Å². The number of aliphatic carboxylic acids is 1. The summed E-state index contributed by atoms with van der Waals surface area (Å²) in [4.78, 5) is 36.4. The molecule has 1 aliphatic rings. The first-order chi connectivity index (χ1) is 10.3.